The molecule has 0 aromatic carbocycles. The van der Waals surface area contributed by atoms with Crippen LogP contribution >= 0.6 is 0 Å². The van der Waals surface area contributed by atoms with Gasteiger partial charge in [0.1, 0.15) is 5.76 Å². The van der Waals surface area contributed by atoms with Crippen LogP contribution in [0.15, 0.2) is 4.52 Å². The molecule has 0 N–H and O–H groups in total. The summed E-state index contributed by atoms with van der Waals surface area (Å²) in [5.74, 6) is 2.56. The monoisotopic (exact) mass is 304 g/mol. The molecule has 3 unspecified atom stereocenters. The minimum Gasteiger partial charge on any atom is -0.361 e. The minimum absolute atomic E-state index is 0.258. The van der Waals surface area contributed by atoms with E-state index >= 15 is 0 Å². The topological polar surface area (TPSA) is 46.3 Å². The Labute approximate surface area is 133 Å². The van der Waals surface area contributed by atoms with Gasteiger partial charge in [0.2, 0.25) is 5.91 Å². The lowest BCUT2D eigenvalue weighted by Crippen LogP contribution is -2.41. The third-order valence-corrected chi connectivity index (χ3v) is 6.49. The fourth-order valence-corrected chi connectivity index (χ4v) is 4.87. The maximum atomic E-state index is 12.6. The summed E-state index contributed by atoms with van der Waals surface area (Å²) in [6, 6.07) is 0.436. The highest BCUT2D eigenvalue weighted by Gasteiger charge is 2.54. The number of rotatable bonds is 4. The van der Waals surface area contributed by atoms with Crippen LogP contribution in [0.5, 0.6) is 0 Å². The van der Waals surface area contributed by atoms with Crippen molar-refractivity contribution in [2.45, 2.75) is 65.8 Å². The Hall–Kier alpha value is -1.32. The number of carbonyl (C=O) groups excluding carboxylic acids is 1. The van der Waals surface area contributed by atoms with Crippen molar-refractivity contribution in [2.24, 2.45) is 17.3 Å². The molecule has 0 radical (unpaired) electrons. The van der Waals surface area contributed by atoms with E-state index in [2.05, 4.69) is 19.0 Å². The molecule has 2 bridgehead atoms. The number of hydrogen-bond acceptors (Lipinski definition) is 3. The third-order valence-electron chi connectivity index (χ3n) is 6.49. The lowest BCUT2D eigenvalue weighted by molar-refractivity contribution is -0.133. The maximum absolute atomic E-state index is 12.6. The molecule has 1 aromatic heterocycles. The number of aromatic nitrogens is 1. The van der Waals surface area contributed by atoms with Crippen LogP contribution in [0.25, 0.3) is 0 Å². The smallest absolute Gasteiger partial charge is 0.222 e. The number of carbonyl (C=O) groups is 1. The van der Waals surface area contributed by atoms with Crippen LogP contribution in [0, 0.1) is 31.1 Å². The van der Waals surface area contributed by atoms with Crippen LogP contribution in [0.3, 0.4) is 0 Å². The number of amides is 1. The van der Waals surface area contributed by atoms with Gasteiger partial charge in [-0.05, 0) is 56.8 Å². The maximum Gasteiger partial charge on any atom is 0.222 e. The van der Waals surface area contributed by atoms with Gasteiger partial charge in [-0.2, -0.15) is 0 Å². The molecule has 2 fully saturated rings. The van der Waals surface area contributed by atoms with Crippen LogP contribution in [0.1, 0.15) is 56.5 Å². The van der Waals surface area contributed by atoms with Crippen LogP contribution in [0.2, 0.25) is 0 Å². The normalized spacial score (nSPS) is 29.0. The van der Waals surface area contributed by atoms with Crippen molar-refractivity contribution in [3.63, 3.8) is 0 Å². The lowest BCUT2D eigenvalue weighted by Gasteiger charge is -2.33. The zero-order valence-electron chi connectivity index (χ0n) is 14.5. The molecule has 3 rings (SSSR count). The van der Waals surface area contributed by atoms with Crippen LogP contribution in [0.4, 0.5) is 0 Å². The molecule has 1 aromatic rings. The van der Waals surface area contributed by atoms with Gasteiger partial charge in [-0.25, -0.2) is 0 Å². The predicted molar refractivity (Wildman–Crippen MR) is 85.5 cm³/mol. The first kappa shape index (κ1) is 15.6. The molecule has 2 aliphatic carbocycles. The highest BCUT2D eigenvalue weighted by atomic mass is 16.5. The summed E-state index contributed by atoms with van der Waals surface area (Å²) in [6.07, 6.45) is 5.09. The Morgan fingerprint density at radius 3 is 2.59 bits per heavy atom. The van der Waals surface area contributed by atoms with Gasteiger partial charge in [0.15, 0.2) is 0 Å². The van der Waals surface area contributed by atoms with E-state index in [9.17, 15) is 4.79 Å². The number of aryl methyl sites for hydroxylation is 2. The van der Waals surface area contributed by atoms with Gasteiger partial charge in [-0.3, -0.25) is 4.79 Å². The van der Waals surface area contributed by atoms with E-state index in [4.69, 9.17) is 4.52 Å². The van der Waals surface area contributed by atoms with Crippen molar-refractivity contribution in [1.82, 2.24) is 10.1 Å². The number of nitrogens with zero attached hydrogens (tertiary/aromatic N) is 2. The van der Waals surface area contributed by atoms with Gasteiger partial charge in [0.25, 0.3) is 0 Å². The Kier molecular flexibility index (Phi) is 3.82. The highest BCUT2D eigenvalue weighted by Crippen LogP contribution is 2.58. The van der Waals surface area contributed by atoms with Crippen molar-refractivity contribution in [3.8, 4) is 0 Å². The molecule has 0 spiro atoms. The van der Waals surface area contributed by atoms with Gasteiger partial charge in [-0.1, -0.05) is 19.0 Å². The molecule has 1 amide bonds. The molecule has 2 saturated carbocycles. The number of hydrogen-bond donors (Lipinski definition) is 0. The van der Waals surface area contributed by atoms with E-state index in [1.807, 2.05) is 25.8 Å². The Bertz CT molecular complexity index is 556. The van der Waals surface area contributed by atoms with Crippen molar-refractivity contribution in [2.75, 3.05) is 7.05 Å². The zero-order valence-corrected chi connectivity index (χ0v) is 14.5. The summed E-state index contributed by atoms with van der Waals surface area (Å²) in [4.78, 5) is 14.6. The van der Waals surface area contributed by atoms with E-state index in [0.29, 0.717) is 23.8 Å². The van der Waals surface area contributed by atoms with Crippen molar-refractivity contribution < 1.29 is 9.32 Å². The van der Waals surface area contributed by atoms with E-state index in [1.165, 1.54) is 19.3 Å². The summed E-state index contributed by atoms with van der Waals surface area (Å²) in [6.45, 7) is 8.63. The highest BCUT2D eigenvalue weighted by molar-refractivity contribution is 5.76. The van der Waals surface area contributed by atoms with Gasteiger partial charge in [0, 0.05) is 25.1 Å². The third kappa shape index (κ3) is 2.37. The van der Waals surface area contributed by atoms with E-state index in [0.717, 1.165) is 29.4 Å². The van der Waals surface area contributed by atoms with Gasteiger partial charge < -0.3 is 9.42 Å². The number of fused-ring (bicyclic) bond motifs is 2. The first-order chi connectivity index (χ1) is 10.3. The van der Waals surface area contributed by atoms with Crippen LogP contribution in [-0.4, -0.2) is 29.1 Å². The molecule has 0 saturated heterocycles. The summed E-state index contributed by atoms with van der Waals surface area (Å²) < 4.78 is 5.18. The molecule has 122 valence electrons. The average Bonchev–Trinajstić information content (AvgIpc) is 3.05. The van der Waals surface area contributed by atoms with E-state index < -0.39 is 0 Å². The molecule has 1 heterocycles. The molecule has 0 aliphatic heterocycles. The molecular weight excluding hydrogens is 276 g/mol. The molecule has 4 nitrogen and oxygen atoms in total. The summed E-state index contributed by atoms with van der Waals surface area (Å²) in [5.41, 5.74) is 2.41. The molecule has 3 atom stereocenters. The Morgan fingerprint density at radius 1 is 1.36 bits per heavy atom. The van der Waals surface area contributed by atoms with Crippen LogP contribution < -0.4 is 0 Å². The molecule has 4 heteroatoms. The average molecular weight is 304 g/mol. The predicted octanol–water partition coefficient (Wildman–Crippen LogP) is 3.51. The fourth-order valence-electron chi connectivity index (χ4n) is 4.87. The lowest BCUT2D eigenvalue weighted by atomic mass is 9.81. The van der Waals surface area contributed by atoms with Gasteiger partial charge >= 0.3 is 0 Å². The SMILES string of the molecule is Cc1noc(C)c1CCC(=O)N(C)C1CC2CCC1C2(C)C. The van der Waals surface area contributed by atoms with Crippen molar-refractivity contribution in [1.29, 1.82) is 0 Å². The van der Waals surface area contributed by atoms with Gasteiger partial charge in [0.05, 0.1) is 5.69 Å². The van der Waals surface area contributed by atoms with E-state index in [-0.39, 0.29) is 5.91 Å². The van der Waals surface area contributed by atoms with Crippen molar-refractivity contribution >= 4 is 5.91 Å². The molecule has 2 aliphatic rings. The first-order valence-electron chi connectivity index (χ1n) is 8.49. The van der Waals surface area contributed by atoms with Crippen LogP contribution in [-0.2, 0) is 11.2 Å². The molecular formula is C18H28N2O2. The standard InChI is InChI=1S/C18H28N2O2/c1-11-14(12(2)22-19-11)7-9-17(21)20(5)16-10-13-6-8-15(16)18(13,3)4/h13,15-16H,6-10H2,1-5H3. The summed E-state index contributed by atoms with van der Waals surface area (Å²) >= 11 is 0. The first-order valence-corrected chi connectivity index (χ1v) is 8.49. The van der Waals surface area contributed by atoms with E-state index in [1.54, 1.807) is 0 Å². The second-order valence-electron chi connectivity index (χ2n) is 7.81. The van der Waals surface area contributed by atoms with Gasteiger partial charge in [-0.15, -0.1) is 0 Å². The second-order valence-corrected chi connectivity index (χ2v) is 7.81. The second kappa shape index (κ2) is 5.39. The Balaban J connectivity index is 1.62. The Morgan fingerprint density at radius 2 is 2.09 bits per heavy atom. The zero-order chi connectivity index (χ0) is 16.1. The quantitative estimate of drug-likeness (QED) is 0.855. The largest absolute Gasteiger partial charge is 0.361 e. The summed E-state index contributed by atoms with van der Waals surface area (Å²) in [7, 11) is 2.00. The minimum atomic E-state index is 0.258. The summed E-state index contributed by atoms with van der Waals surface area (Å²) in [5, 5.41) is 3.97. The van der Waals surface area contributed by atoms with Crippen molar-refractivity contribution in [3.05, 3.63) is 17.0 Å². The molecule has 22 heavy (non-hydrogen) atoms. The fraction of sp³-hybridized carbons (Fsp3) is 0.778.